The van der Waals surface area contributed by atoms with Crippen molar-refractivity contribution in [2.24, 2.45) is 5.92 Å². The molecule has 1 aromatic heterocycles. The highest BCUT2D eigenvalue weighted by molar-refractivity contribution is 7.12. The third-order valence-corrected chi connectivity index (χ3v) is 7.42. The first kappa shape index (κ1) is 26.5. The topological polar surface area (TPSA) is 52.7 Å². The van der Waals surface area contributed by atoms with Crippen LogP contribution in [0.1, 0.15) is 60.8 Å². The van der Waals surface area contributed by atoms with Crippen molar-refractivity contribution in [2.75, 3.05) is 24.3 Å². The van der Waals surface area contributed by atoms with Crippen LogP contribution in [-0.4, -0.2) is 36.9 Å². The molecular formula is C29H37N3O2S. The van der Waals surface area contributed by atoms with Gasteiger partial charge in [0.1, 0.15) is 0 Å². The van der Waals surface area contributed by atoms with Crippen LogP contribution in [0.3, 0.4) is 0 Å². The van der Waals surface area contributed by atoms with Crippen LogP contribution in [0, 0.1) is 5.92 Å². The van der Waals surface area contributed by atoms with Crippen LogP contribution in [0.4, 0.5) is 11.4 Å². The number of carbonyl (C=O) groups excluding carboxylic acids is 2. The van der Waals surface area contributed by atoms with Crippen molar-refractivity contribution in [3.05, 3.63) is 82.0 Å². The molecule has 186 valence electrons. The first-order valence-electron chi connectivity index (χ1n) is 12.2. The minimum atomic E-state index is -0.193. The molecule has 0 saturated heterocycles. The number of rotatable bonds is 10. The molecule has 0 aliphatic carbocycles. The van der Waals surface area contributed by atoms with E-state index in [4.69, 9.17) is 0 Å². The third kappa shape index (κ3) is 6.51. The zero-order valence-electron chi connectivity index (χ0n) is 21.6. The molecule has 35 heavy (non-hydrogen) atoms. The Hall–Kier alpha value is -3.12. The Morgan fingerprint density at radius 1 is 0.971 bits per heavy atom. The van der Waals surface area contributed by atoms with Crippen molar-refractivity contribution in [3.63, 3.8) is 0 Å². The zero-order chi connectivity index (χ0) is 25.5. The lowest BCUT2D eigenvalue weighted by Gasteiger charge is -2.36. The minimum absolute atomic E-state index is 0.0552. The van der Waals surface area contributed by atoms with Crippen molar-refractivity contribution in [1.29, 1.82) is 0 Å². The molecule has 0 saturated carbocycles. The average molecular weight is 492 g/mol. The van der Waals surface area contributed by atoms with Crippen LogP contribution in [0.5, 0.6) is 0 Å². The van der Waals surface area contributed by atoms with E-state index in [2.05, 4.69) is 37.9 Å². The SMILES string of the molecule is CCC(C(=O)N(Cc1cc(NC(=O)c2cccs2)ccc1N(C)C)C(C)C(C)C)c1ccccc1. The van der Waals surface area contributed by atoms with Gasteiger partial charge in [-0.1, -0.05) is 57.2 Å². The van der Waals surface area contributed by atoms with Gasteiger partial charge in [0.2, 0.25) is 5.91 Å². The van der Waals surface area contributed by atoms with Gasteiger partial charge in [-0.3, -0.25) is 9.59 Å². The Kier molecular flexibility index (Phi) is 9.10. The first-order chi connectivity index (χ1) is 16.7. The van der Waals surface area contributed by atoms with E-state index in [1.165, 1.54) is 11.3 Å². The summed E-state index contributed by atoms with van der Waals surface area (Å²) in [5, 5.41) is 4.91. The van der Waals surface area contributed by atoms with Crippen molar-refractivity contribution in [3.8, 4) is 0 Å². The molecule has 3 aromatic rings. The summed E-state index contributed by atoms with van der Waals surface area (Å²) in [6.45, 7) is 8.97. The summed E-state index contributed by atoms with van der Waals surface area (Å²) in [5.74, 6) is 0.124. The summed E-state index contributed by atoms with van der Waals surface area (Å²) in [5.41, 5.74) is 3.80. The van der Waals surface area contributed by atoms with E-state index in [9.17, 15) is 9.59 Å². The monoisotopic (exact) mass is 491 g/mol. The fourth-order valence-corrected chi connectivity index (χ4v) is 4.85. The summed E-state index contributed by atoms with van der Waals surface area (Å²) < 4.78 is 0. The summed E-state index contributed by atoms with van der Waals surface area (Å²) in [7, 11) is 4.00. The van der Waals surface area contributed by atoms with Crippen LogP contribution >= 0.6 is 11.3 Å². The number of carbonyl (C=O) groups is 2. The van der Waals surface area contributed by atoms with E-state index in [-0.39, 0.29) is 23.8 Å². The van der Waals surface area contributed by atoms with Gasteiger partial charge in [-0.05, 0) is 60.0 Å². The van der Waals surface area contributed by atoms with Gasteiger partial charge in [-0.2, -0.15) is 0 Å². The number of nitrogens with zero attached hydrogens (tertiary/aromatic N) is 2. The van der Waals surface area contributed by atoms with Crippen LogP contribution in [0.15, 0.2) is 66.0 Å². The van der Waals surface area contributed by atoms with Crippen LogP contribution < -0.4 is 10.2 Å². The first-order valence-corrected chi connectivity index (χ1v) is 13.1. The van der Waals surface area contributed by atoms with Crippen molar-refractivity contribution in [2.45, 2.75) is 52.6 Å². The van der Waals surface area contributed by atoms with Gasteiger partial charge in [-0.15, -0.1) is 11.3 Å². The Morgan fingerprint density at radius 2 is 1.69 bits per heavy atom. The van der Waals surface area contributed by atoms with Crippen molar-refractivity contribution >= 4 is 34.5 Å². The van der Waals surface area contributed by atoms with Gasteiger partial charge in [-0.25, -0.2) is 0 Å². The number of nitrogens with one attached hydrogen (secondary N) is 1. The normalized spacial score (nSPS) is 12.8. The maximum atomic E-state index is 14.0. The molecule has 0 radical (unpaired) electrons. The molecule has 2 aromatic carbocycles. The lowest BCUT2D eigenvalue weighted by molar-refractivity contribution is -0.136. The van der Waals surface area contributed by atoms with E-state index in [0.717, 1.165) is 28.9 Å². The third-order valence-electron chi connectivity index (χ3n) is 6.55. The highest BCUT2D eigenvalue weighted by Gasteiger charge is 2.30. The van der Waals surface area contributed by atoms with E-state index in [1.807, 2.05) is 85.0 Å². The highest BCUT2D eigenvalue weighted by Crippen LogP contribution is 2.30. The van der Waals surface area contributed by atoms with E-state index in [1.54, 1.807) is 0 Å². The van der Waals surface area contributed by atoms with Crippen LogP contribution in [-0.2, 0) is 11.3 Å². The number of hydrogen-bond donors (Lipinski definition) is 1. The largest absolute Gasteiger partial charge is 0.377 e. The van der Waals surface area contributed by atoms with E-state index in [0.29, 0.717) is 17.3 Å². The zero-order valence-corrected chi connectivity index (χ0v) is 22.4. The van der Waals surface area contributed by atoms with Crippen LogP contribution in [0.2, 0.25) is 0 Å². The van der Waals surface area contributed by atoms with Gasteiger partial charge in [0.15, 0.2) is 0 Å². The molecule has 0 fully saturated rings. The molecule has 0 aliphatic rings. The standard InChI is InChI=1S/C29H37N3O2S/c1-7-25(22-12-9-8-10-13-22)29(34)32(21(4)20(2)3)19-23-18-24(15-16-26(23)31(5)6)30-28(33)27-14-11-17-35-27/h8-18,20-21,25H,7,19H2,1-6H3,(H,30,33). The van der Waals surface area contributed by atoms with Crippen molar-refractivity contribution < 1.29 is 9.59 Å². The Bertz CT molecular complexity index is 1110. The molecular weight excluding hydrogens is 454 g/mol. The van der Waals surface area contributed by atoms with Gasteiger partial charge < -0.3 is 15.1 Å². The quantitative estimate of drug-likeness (QED) is 0.346. The highest BCUT2D eigenvalue weighted by atomic mass is 32.1. The molecule has 2 atom stereocenters. The van der Waals surface area contributed by atoms with E-state index >= 15 is 0 Å². The molecule has 1 N–H and O–H groups in total. The molecule has 3 rings (SSSR count). The number of hydrogen-bond acceptors (Lipinski definition) is 4. The summed E-state index contributed by atoms with van der Waals surface area (Å²) in [4.78, 5) is 31.3. The minimum Gasteiger partial charge on any atom is -0.377 e. The Morgan fingerprint density at radius 3 is 2.26 bits per heavy atom. The second-order valence-electron chi connectivity index (χ2n) is 9.49. The molecule has 0 aliphatic heterocycles. The number of anilines is 2. The fourth-order valence-electron chi connectivity index (χ4n) is 4.23. The summed E-state index contributed by atoms with van der Waals surface area (Å²) in [6, 6.07) is 19.7. The van der Waals surface area contributed by atoms with Crippen LogP contribution in [0.25, 0.3) is 0 Å². The summed E-state index contributed by atoms with van der Waals surface area (Å²) >= 11 is 1.41. The van der Waals surface area contributed by atoms with Gasteiger partial charge in [0.05, 0.1) is 10.8 Å². The Balaban J connectivity index is 1.96. The molecule has 2 amide bonds. The second kappa shape index (κ2) is 12.0. The second-order valence-corrected chi connectivity index (χ2v) is 10.4. The van der Waals surface area contributed by atoms with E-state index < -0.39 is 0 Å². The number of amides is 2. The maximum Gasteiger partial charge on any atom is 0.265 e. The molecule has 2 unspecified atom stereocenters. The predicted octanol–water partition coefficient (Wildman–Crippen LogP) is 6.63. The predicted molar refractivity (Wildman–Crippen MR) is 147 cm³/mol. The lowest BCUT2D eigenvalue weighted by Crippen LogP contribution is -2.43. The maximum absolute atomic E-state index is 14.0. The summed E-state index contributed by atoms with van der Waals surface area (Å²) in [6.07, 6.45) is 0.738. The fraction of sp³-hybridized carbons (Fsp3) is 0.379. The molecule has 0 spiro atoms. The molecule has 5 nitrogen and oxygen atoms in total. The number of benzene rings is 2. The smallest absolute Gasteiger partial charge is 0.265 e. The lowest BCUT2D eigenvalue weighted by atomic mass is 9.92. The van der Waals surface area contributed by atoms with Gasteiger partial charge in [0.25, 0.3) is 5.91 Å². The molecule has 1 heterocycles. The molecule has 6 heteroatoms. The van der Waals surface area contributed by atoms with Gasteiger partial charge >= 0.3 is 0 Å². The van der Waals surface area contributed by atoms with Gasteiger partial charge in [0, 0.05) is 38.1 Å². The van der Waals surface area contributed by atoms with Crippen molar-refractivity contribution in [1.82, 2.24) is 4.90 Å². The average Bonchev–Trinajstić information content (AvgIpc) is 3.38. The molecule has 0 bridgehead atoms. The number of thiophene rings is 1. The Labute approximate surface area is 213 Å².